The molecule has 1 aromatic rings. The van der Waals surface area contributed by atoms with Gasteiger partial charge in [-0.3, -0.25) is 4.79 Å². The molecule has 2 aliphatic rings. The van der Waals surface area contributed by atoms with Gasteiger partial charge in [0.1, 0.15) is 0 Å². The highest BCUT2D eigenvalue weighted by molar-refractivity contribution is 7.89. The molecule has 0 saturated carbocycles. The van der Waals surface area contributed by atoms with Gasteiger partial charge in [0.25, 0.3) is 0 Å². The van der Waals surface area contributed by atoms with Gasteiger partial charge in [-0.05, 0) is 44.0 Å². The number of carbonyl (C=O) groups excluding carboxylic acids is 1. The van der Waals surface area contributed by atoms with E-state index in [0.717, 1.165) is 12.8 Å². The Hall–Kier alpha value is -1.97. The van der Waals surface area contributed by atoms with E-state index < -0.39 is 21.4 Å². The molecule has 1 N–H and O–H groups in total. The lowest BCUT2D eigenvalue weighted by Gasteiger charge is -2.40. The highest BCUT2D eigenvalue weighted by atomic mass is 32.2. The van der Waals surface area contributed by atoms with Gasteiger partial charge in [0.05, 0.1) is 22.5 Å². The third-order valence-electron chi connectivity index (χ3n) is 5.22. The van der Waals surface area contributed by atoms with E-state index >= 15 is 0 Å². The number of carbonyl (C=O) groups is 2. The number of amides is 1. The summed E-state index contributed by atoms with van der Waals surface area (Å²) in [6.07, 6.45) is 1.63. The van der Waals surface area contributed by atoms with Crippen molar-refractivity contribution in [3.05, 3.63) is 29.8 Å². The second kappa shape index (κ2) is 7.57. The van der Waals surface area contributed by atoms with Crippen molar-refractivity contribution in [1.82, 2.24) is 9.21 Å². The number of aromatic carboxylic acids is 1. The molecule has 1 aromatic carbocycles. The second-order valence-electron chi connectivity index (χ2n) is 7.24. The molecule has 8 nitrogen and oxygen atoms in total. The molecule has 0 spiro atoms. The fourth-order valence-corrected chi connectivity index (χ4v) is 4.96. The van der Waals surface area contributed by atoms with Crippen LogP contribution in [0.25, 0.3) is 0 Å². The van der Waals surface area contributed by atoms with Gasteiger partial charge in [-0.1, -0.05) is 0 Å². The first-order valence-electron chi connectivity index (χ1n) is 8.95. The van der Waals surface area contributed by atoms with E-state index in [1.165, 1.54) is 28.6 Å². The van der Waals surface area contributed by atoms with Gasteiger partial charge in [-0.2, -0.15) is 4.31 Å². The first kappa shape index (κ1) is 19.8. The van der Waals surface area contributed by atoms with Crippen molar-refractivity contribution in [2.75, 3.05) is 39.4 Å². The van der Waals surface area contributed by atoms with Crippen LogP contribution >= 0.6 is 0 Å². The maximum Gasteiger partial charge on any atom is 0.335 e. The molecule has 148 valence electrons. The summed E-state index contributed by atoms with van der Waals surface area (Å²) in [5, 5.41) is 8.93. The Kier molecular flexibility index (Phi) is 5.55. The normalized spacial score (nSPS) is 24.6. The number of sulfonamides is 1. The minimum atomic E-state index is -3.72. The van der Waals surface area contributed by atoms with E-state index in [9.17, 15) is 18.0 Å². The first-order valence-corrected chi connectivity index (χ1v) is 10.4. The van der Waals surface area contributed by atoms with Gasteiger partial charge >= 0.3 is 5.97 Å². The molecular weight excluding hydrogens is 372 g/mol. The van der Waals surface area contributed by atoms with Gasteiger partial charge in [0.15, 0.2) is 0 Å². The van der Waals surface area contributed by atoms with Crippen molar-refractivity contribution in [2.45, 2.75) is 24.7 Å². The zero-order valence-electron chi connectivity index (χ0n) is 15.3. The molecule has 0 aromatic heterocycles. The lowest BCUT2D eigenvalue weighted by Crippen LogP contribution is -2.55. The number of ether oxygens (including phenoxy) is 1. The maximum atomic E-state index is 12.8. The van der Waals surface area contributed by atoms with E-state index in [1.54, 1.807) is 4.90 Å². The van der Waals surface area contributed by atoms with Crippen molar-refractivity contribution in [3.8, 4) is 0 Å². The van der Waals surface area contributed by atoms with Gasteiger partial charge in [-0.25, -0.2) is 13.2 Å². The number of hydrogen-bond donors (Lipinski definition) is 1. The Bertz CT molecular complexity index is 807. The van der Waals surface area contributed by atoms with Crippen molar-refractivity contribution in [3.63, 3.8) is 0 Å². The van der Waals surface area contributed by atoms with E-state index in [-0.39, 0.29) is 29.5 Å². The number of rotatable bonds is 4. The molecular formula is C18H24N2O6S. The van der Waals surface area contributed by atoms with E-state index in [0.29, 0.717) is 26.3 Å². The SMILES string of the molecule is CC1(C(=O)N2CCN(S(=O)(=O)c3ccc(C(=O)O)cc3)CC2)CCCOC1. The van der Waals surface area contributed by atoms with Gasteiger partial charge in [-0.15, -0.1) is 0 Å². The summed E-state index contributed by atoms with van der Waals surface area (Å²) in [5.41, 5.74) is -0.501. The average Bonchev–Trinajstić information content (AvgIpc) is 2.68. The summed E-state index contributed by atoms with van der Waals surface area (Å²) in [7, 11) is -3.72. The third kappa shape index (κ3) is 3.99. The number of benzene rings is 1. The summed E-state index contributed by atoms with van der Waals surface area (Å²) in [6, 6.07) is 5.16. The first-order chi connectivity index (χ1) is 12.7. The van der Waals surface area contributed by atoms with Crippen LogP contribution in [-0.2, 0) is 19.6 Å². The van der Waals surface area contributed by atoms with Gasteiger partial charge in [0, 0.05) is 32.8 Å². The molecule has 0 radical (unpaired) electrons. The lowest BCUT2D eigenvalue weighted by molar-refractivity contribution is -0.150. The Balaban J connectivity index is 1.65. The minimum absolute atomic E-state index is 0.0186. The van der Waals surface area contributed by atoms with Crippen LogP contribution in [-0.4, -0.2) is 74.0 Å². The molecule has 0 aliphatic carbocycles. The van der Waals surface area contributed by atoms with Crippen LogP contribution in [0.4, 0.5) is 0 Å². The van der Waals surface area contributed by atoms with Crippen LogP contribution < -0.4 is 0 Å². The van der Waals surface area contributed by atoms with Crippen molar-refractivity contribution < 1.29 is 27.9 Å². The molecule has 27 heavy (non-hydrogen) atoms. The van der Waals surface area contributed by atoms with Crippen molar-refractivity contribution in [2.24, 2.45) is 5.41 Å². The van der Waals surface area contributed by atoms with E-state index in [4.69, 9.17) is 9.84 Å². The molecule has 3 rings (SSSR count). The smallest absolute Gasteiger partial charge is 0.335 e. The highest BCUT2D eigenvalue weighted by Gasteiger charge is 2.40. The van der Waals surface area contributed by atoms with Crippen LogP contribution in [0.1, 0.15) is 30.1 Å². The lowest BCUT2D eigenvalue weighted by atomic mass is 9.83. The van der Waals surface area contributed by atoms with Crippen LogP contribution in [0, 0.1) is 5.41 Å². The molecule has 2 heterocycles. The van der Waals surface area contributed by atoms with Crippen molar-refractivity contribution in [1.29, 1.82) is 0 Å². The summed E-state index contributed by atoms with van der Waals surface area (Å²) in [6.45, 7) is 4.08. The molecule has 2 aliphatic heterocycles. The third-order valence-corrected chi connectivity index (χ3v) is 7.13. The topological polar surface area (TPSA) is 104 Å². The van der Waals surface area contributed by atoms with E-state index in [2.05, 4.69) is 0 Å². The summed E-state index contributed by atoms with van der Waals surface area (Å²) >= 11 is 0. The fraction of sp³-hybridized carbons (Fsp3) is 0.556. The van der Waals surface area contributed by atoms with Crippen LogP contribution in [0.5, 0.6) is 0 Å². The Morgan fingerprint density at radius 3 is 2.26 bits per heavy atom. The fourth-order valence-electron chi connectivity index (χ4n) is 3.53. The zero-order valence-corrected chi connectivity index (χ0v) is 16.1. The standard InChI is InChI=1S/C18H24N2O6S/c1-18(7-2-12-26-13-18)17(23)19-8-10-20(11-9-19)27(24,25)15-5-3-14(4-6-15)16(21)22/h3-6H,2,7-13H2,1H3,(H,21,22). The molecule has 1 amide bonds. The quantitative estimate of drug-likeness (QED) is 0.815. The summed E-state index contributed by atoms with van der Waals surface area (Å²) < 4.78 is 32.3. The minimum Gasteiger partial charge on any atom is -0.478 e. The Labute approximate surface area is 158 Å². The zero-order chi connectivity index (χ0) is 19.7. The molecule has 0 bridgehead atoms. The molecule has 1 unspecified atom stereocenters. The predicted molar refractivity (Wildman–Crippen MR) is 96.9 cm³/mol. The largest absolute Gasteiger partial charge is 0.478 e. The van der Waals surface area contributed by atoms with Crippen molar-refractivity contribution >= 4 is 21.9 Å². The number of carboxylic acid groups (broad SMARTS) is 1. The average molecular weight is 396 g/mol. The monoisotopic (exact) mass is 396 g/mol. The van der Waals surface area contributed by atoms with E-state index in [1.807, 2.05) is 6.92 Å². The Morgan fingerprint density at radius 1 is 1.11 bits per heavy atom. The van der Waals surface area contributed by atoms with Crippen LogP contribution in [0.2, 0.25) is 0 Å². The highest BCUT2D eigenvalue weighted by Crippen LogP contribution is 2.31. The van der Waals surface area contributed by atoms with Crippen LogP contribution in [0.3, 0.4) is 0 Å². The molecule has 2 fully saturated rings. The Morgan fingerprint density at radius 2 is 1.74 bits per heavy atom. The second-order valence-corrected chi connectivity index (χ2v) is 9.18. The predicted octanol–water partition coefficient (Wildman–Crippen LogP) is 1.03. The van der Waals surface area contributed by atoms with Gasteiger partial charge in [0.2, 0.25) is 15.9 Å². The number of hydrogen-bond acceptors (Lipinski definition) is 5. The number of carboxylic acids is 1. The summed E-state index contributed by atoms with van der Waals surface area (Å²) in [5.74, 6) is -1.09. The molecule has 1 atom stereocenters. The van der Waals surface area contributed by atoms with Gasteiger partial charge < -0.3 is 14.7 Å². The number of piperazine rings is 1. The molecule has 9 heteroatoms. The molecule has 2 saturated heterocycles. The summed E-state index contributed by atoms with van der Waals surface area (Å²) in [4.78, 5) is 25.5. The number of nitrogens with zero attached hydrogens (tertiary/aromatic N) is 2. The maximum absolute atomic E-state index is 12.8. The van der Waals surface area contributed by atoms with Crippen LogP contribution in [0.15, 0.2) is 29.2 Å².